The summed E-state index contributed by atoms with van der Waals surface area (Å²) in [5.74, 6) is 0.739. The molecule has 0 aliphatic carbocycles. The van der Waals surface area contributed by atoms with Crippen LogP contribution >= 0.6 is 0 Å². The van der Waals surface area contributed by atoms with Crippen molar-refractivity contribution in [2.45, 2.75) is 37.8 Å². The number of methoxy groups -OCH3 is 1. The van der Waals surface area contributed by atoms with Crippen molar-refractivity contribution in [1.29, 1.82) is 0 Å². The highest BCUT2D eigenvalue weighted by molar-refractivity contribution is 7.86. The Morgan fingerprint density at radius 3 is 2.62 bits per heavy atom. The average molecular weight is 314 g/mol. The molecule has 3 rings (SSSR count). The quantitative estimate of drug-likeness (QED) is 0.850. The van der Waals surface area contributed by atoms with Gasteiger partial charge in [0.25, 0.3) is 10.2 Å². The molecule has 118 valence electrons. The number of furan rings is 1. The highest BCUT2D eigenvalue weighted by Crippen LogP contribution is 2.36. The fourth-order valence-corrected chi connectivity index (χ4v) is 5.09. The third-order valence-corrected chi connectivity index (χ3v) is 6.48. The van der Waals surface area contributed by atoms with Crippen LogP contribution in [-0.2, 0) is 14.9 Å². The van der Waals surface area contributed by atoms with E-state index in [0.717, 1.165) is 31.4 Å². The minimum Gasteiger partial charge on any atom is -0.468 e. The Morgan fingerprint density at radius 1 is 1.24 bits per heavy atom. The monoisotopic (exact) mass is 314 g/mol. The summed E-state index contributed by atoms with van der Waals surface area (Å²) in [6.07, 6.45) is 4.99. The van der Waals surface area contributed by atoms with Gasteiger partial charge < -0.3 is 9.15 Å². The number of piperidine rings is 1. The Morgan fingerprint density at radius 2 is 2.00 bits per heavy atom. The first-order valence-corrected chi connectivity index (χ1v) is 8.85. The van der Waals surface area contributed by atoms with E-state index in [1.807, 2.05) is 12.1 Å². The lowest BCUT2D eigenvalue weighted by Gasteiger charge is -2.34. The standard InChI is InChI=1S/C14H22N2O4S/c1-19-12-6-9-15(10-7-12)21(17,18)16-8-2-4-13(16)14-5-3-11-20-14/h3,5,11-13H,2,4,6-10H2,1H3/t13-/m0/s1. The van der Waals surface area contributed by atoms with Gasteiger partial charge in [-0.25, -0.2) is 0 Å². The summed E-state index contributed by atoms with van der Waals surface area (Å²) in [6, 6.07) is 3.50. The van der Waals surface area contributed by atoms with E-state index in [0.29, 0.717) is 19.6 Å². The van der Waals surface area contributed by atoms with Gasteiger partial charge in [0.05, 0.1) is 18.4 Å². The van der Waals surface area contributed by atoms with Crippen molar-refractivity contribution in [3.05, 3.63) is 24.2 Å². The second-order valence-electron chi connectivity index (χ2n) is 5.63. The fraction of sp³-hybridized carbons (Fsp3) is 0.714. The molecular weight excluding hydrogens is 292 g/mol. The van der Waals surface area contributed by atoms with Crippen molar-refractivity contribution in [2.24, 2.45) is 0 Å². The van der Waals surface area contributed by atoms with Gasteiger partial charge in [0, 0.05) is 26.7 Å². The molecule has 0 aromatic carbocycles. The van der Waals surface area contributed by atoms with Crippen LogP contribution < -0.4 is 0 Å². The van der Waals surface area contributed by atoms with Crippen molar-refractivity contribution >= 4 is 10.2 Å². The molecule has 2 saturated heterocycles. The highest BCUT2D eigenvalue weighted by Gasteiger charge is 2.41. The predicted molar refractivity (Wildman–Crippen MR) is 77.9 cm³/mol. The Bertz CT molecular complexity index is 550. The predicted octanol–water partition coefficient (Wildman–Crippen LogP) is 1.77. The van der Waals surface area contributed by atoms with E-state index < -0.39 is 10.2 Å². The minimum absolute atomic E-state index is 0.162. The number of nitrogens with zero attached hydrogens (tertiary/aromatic N) is 2. The Labute approximate surface area is 125 Å². The summed E-state index contributed by atoms with van der Waals surface area (Å²) in [5, 5.41) is 0. The summed E-state index contributed by atoms with van der Waals surface area (Å²) in [5.41, 5.74) is 0. The molecule has 0 saturated carbocycles. The number of hydrogen-bond acceptors (Lipinski definition) is 4. The Kier molecular flexibility index (Phi) is 4.35. The van der Waals surface area contributed by atoms with Crippen LogP contribution in [0, 0.1) is 0 Å². The van der Waals surface area contributed by atoms with Crippen molar-refractivity contribution < 1.29 is 17.6 Å². The van der Waals surface area contributed by atoms with Gasteiger partial charge in [-0.1, -0.05) is 0 Å². The van der Waals surface area contributed by atoms with Crippen LogP contribution in [0.4, 0.5) is 0 Å². The summed E-state index contributed by atoms with van der Waals surface area (Å²) in [4.78, 5) is 0. The lowest BCUT2D eigenvalue weighted by molar-refractivity contribution is 0.0589. The van der Waals surface area contributed by atoms with Crippen LogP contribution in [-0.4, -0.2) is 49.9 Å². The van der Waals surface area contributed by atoms with Crippen LogP contribution in [0.3, 0.4) is 0 Å². The molecule has 0 N–H and O–H groups in total. The third-order valence-electron chi connectivity index (χ3n) is 4.43. The number of rotatable bonds is 4. The maximum Gasteiger partial charge on any atom is 0.282 e. The normalized spacial score (nSPS) is 26.4. The van der Waals surface area contributed by atoms with Crippen LogP contribution in [0.2, 0.25) is 0 Å². The largest absolute Gasteiger partial charge is 0.468 e. The second-order valence-corrected chi connectivity index (χ2v) is 7.51. The van der Waals surface area contributed by atoms with Gasteiger partial charge in [-0.15, -0.1) is 0 Å². The van der Waals surface area contributed by atoms with Gasteiger partial charge in [-0.05, 0) is 37.8 Å². The van der Waals surface area contributed by atoms with Gasteiger partial charge in [-0.2, -0.15) is 17.0 Å². The summed E-state index contributed by atoms with van der Waals surface area (Å²) in [7, 11) is -1.73. The van der Waals surface area contributed by atoms with Crippen molar-refractivity contribution in [2.75, 3.05) is 26.7 Å². The first-order chi connectivity index (χ1) is 10.1. The summed E-state index contributed by atoms with van der Waals surface area (Å²) in [6.45, 7) is 1.63. The van der Waals surface area contributed by atoms with Crippen LogP contribution in [0.15, 0.2) is 22.8 Å². The molecule has 21 heavy (non-hydrogen) atoms. The summed E-state index contributed by atoms with van der Waals surface area (Å²) >= 11 is 0. The molecule has 2 aliphatic rings. The molecule has 1 aromatic heterocycles. The first-order valence-electron chi connectivity index (χ1n) is 7.46. The van der Waals surface area contributed by atoms with Gasteiger partial charge in [0.15, 0.2) is 0 Å². The summed E-state index contributed by atoms with van der Waals surface area (Å²) < 4.78 is 39.6. The highest BCUT2D eigenvalue weighted by atomic mass is 32.2. The van der Waals surface area contributed by atoms with Crippen LogP contribution in [0.5, 0.6) is 0 Å². The molecular formula is C14H22N2O4S. The molecule has 0 amide bonds. The third kappa shape index (κ3) is 2.88. The first kappa shape index (κ1) is 15.0. The lowest BCUT2D eigenvalue weighted by Crippen LogP contribution is -2.47. The van der Waals surface area contributed by atoms with Gasteiger partial charge >= 0.3 is 0 Å². The molecule has 0 radical (unpaired) electrons. The topological polar surface area (TPSA) is 63.0 Å². The van der Waals surface area contributed by atoms with Gasteiger partial charge in [-0.3, -0.25) is 0 Å². The molecule has 7 heteroatoms. The number of hydrogen-bond donors (Lipinski definition) is 0. The molecule has 3 heterocycles. The zero-order valence-corrected chi connectivity index (χ0v) is 13.1. The maximum absolute atomic E-state index is 12.9. The molecule has 2 fully saturated rings. The Hall–Kier alpha value is -0.890. The van der Waals surface area contributed by atoms with Crippen molar-refractivity contribution in [1.82, 2.24) is 8.61 Å². The van der Waals surface area contributed by atoms with E-state index in [9.17, 15) is 8.42 Å². The molecule has 6 nitrogen and oxygen atoms in total. The molecule has 0 bridgehead atoms. The van der Waals surface area contributed by atoms with Crippen LogP contribution in [0.25, 0.3) is 0 Å². The smallest absolute Gasteiger partial charge is 0.282 e. The van der Waals surface area contributed by atoms with Gasteiger partial charge in [0.1, 0.15) is 5.76 Å². The molecule has 2 aliphatic heterocycles. The van der Waals surface area contributed by atoms with E-state index in [1.54, 1.807) is 22.0 Å². The van der Waals surface area contributed by atoms with Crippen molar-refractivity contribution in [3.63, 3.8) is 0 Å². The zero-order chi connectivity index (χ0) is 14.9. The van der Waals surface area contributed by atoms with Gasteiger partial charge in [0.2, 0.25) is 0 Å². The van der Waals surface area contributed by atoms with Crippen molar-refractivity contribution in [3.8, 4) is 0 Å². The fourth-order valence-electron chi connectivity index (χ4n) is 3.23. The molecule has 1 atom stereocenters. The van der Waals surface area contributed by atoms with Crippen LogP contribution in [0.1, 0.15) is 37.5 Å². The van der Waals surface area contributed by atoms with E-state index in [-0.39, 0.29) is 12.1 Å². The maximum atomic E-state index is 12.9. The number of ether oxygens (including phenoxy) is 1. The molecule has 0 spiro atoms. The Balaban J connectivity index is 1.75. The zero-order valence-electron chi connectivity index (χ0n) is 12.3. The van der Waals surface area contributed by atoms with E-state index in [4.69, 9.17) is 9.15 Å². The average Bonchev–Trinajstić information content (AvgIpc) is 3.17. The second kappa shape index (κ2) is 6.08. The lowest BCUT2D eigenvalue weighted by atomic mass is 10.1. The van der Waals surface area contributed by atoms with E-state index >= 15 is 0 Å². The van der Waals surface area contributed by atoms with E-state index in [1.165, 1.54) is 0 Å². The minimum atomic E-state index is -3.42. The SMILES string of the molecule is COC1CCN(S(=O)(=O)N2CCC[C@H]2c2ccco2)CC1. The van der Waals surface area contributed by atoms with E-state index in [2.05, 4.69) is 0 Å². The molecule has 0 unspecified atom stereocenters. The molecule has 1 aromatic rings.